The molecule has 0 saturated heterocycles. The highest BCUT2D eigenvalue weighted by molar-refractivity contribution is 6.30. The second-order valence-electron chi connectivity index (χ2n) is 4.83. The van der Waals surface area contributed by atoms with Gasteiger partial charge in [-0.1, -0.05) is 35.9 Å². The Kier molecular flexibility index (Phi) is 3.69. The van der Waals surface area contributed by atoms with E-state index in [-0.39, 0.29) is 6.42 Å². The third-order valence-corrected chi connectivity index (χ3v) is 4.07. The monoisotopic (exact) mass is 292 g/mol. The predicted molar refractivity (Wildman–Crippen MR) is 75.3 cm³/mol. The van der Waals surface area contributed by atoms with Crippen molar-refractivity contribution in [2.24, 2.45) is 10.8 Å². The Morgan fingerprint density at radius 1 is 1.05 bits per heavy atom. The average Bonchev–Trinajstić information content (AvgIpc) is 2.53. The highest BCUT2D eigenvalue weighted by Gasteiger charge is 2.60. The van der Waals surface area contributed by atoms with Crippen molar-refractivity contribution < 1.29 is 0 Å². The van der Waals surface area contributed by atoms with Crippen LogP contribution < -0.4 is 0 Å². The molecule has 0 bridgehead atoms. The summed E-state index contributed by atoms with van der Waals surface area (Å²) >= 11 is 5.96. The molecule has 0 heterocycles. The molecule has 1 aromatic carbocycles. The maximum absolute atomic E-state index is 9.60. The zero-order valence-electron chi connectivity index (χ0n) is 10.9. The van der Waals surface area contributed by atoms with E-state index in [9.17, 15) is 21.0 Å². The van der Waals surface area contributed by atoms with Gasteiger partial charge in [-0.2, -0.15) is 21.0 Å². The van der Waals surface area contributed by atoms with Gasteiger partial charge in [-0.05, 0) is 24.1 Å². The van der Waals surface area contributed by atoms with E-state index in [1.807, 2.05) is 24.3 Å². The second kappa shape index (κ2) is 5.30. The summed E-state index contributed by atoms with van der Waals surface area (Å²) in [7, 11) is 0. The van der Waals surface area contributed by atoms with E-state index in [1.54, 1.807) is 36.4 Å². The van der Waals surface area contributed by atoms with Crippen LogP contribution in [0.4, 0.5) is 0 Å². The normalized spacial score (nSPS) is 21.3. The van der Waals surface area contributed by atoms with Crippen LogP contribution >= 0.6 is 11.6 Å². The summed E-state index contributed by atoms with van der Waals surface area (Å²) in [5.74, 6) is -0.681. The van der Waals surface area contributed by atoms with Gasteiger partial charge in [-0.25, -0.2) is 0 Å². The van der Waals surface area contributed by atoms with Gasteiger partial charge in [0, 0.05) is 10.9 Å². The Labute approximate surface area is 127 Å². The second-order valence-corrected chi connectivity index (χ2v) is 5.26. The van der Waals surface area contributed by atoms with Gasteiger partial charge in [0.05, 0.1) is 24.3 Å². The van der Waals surface area contributed by atoms with E-state index in [0.29, 0.717) is 10.6 Å². The number of hydrogen-bond donors (Lipinski definition) is 0. The minimum atomic E-state index is -1.77. The maximum Gasteiger partial charge on any atom is 0.185 e. The van der Waals surface area contributed by atoms with Crippen LogP contribution in [0.5, 0.6) is 0 Å². The lowest BCUT2D eigenvalue weighted by Gasteiger charge is -2.38. The molecule has 1 atom stereocenters. The first-order valence-electron chi connectivity index (χ1n) is 6.16. The van der Waals surface area contributed by atoms with Crippen LogP contribution in [0.2, 0.25) is 5.02 Å². The Bertz CT molecular complexity index is 739. The fourth-order valence-corrected chi connectivity index (χ4v) is 2.86. The molecular formula is C16H9ClN4. The van der Waals surface area contributed by atoms with Gasteiger partial charge in [0.1, 0.15) is 0 Å². The summed E-state index contributed by atoms with van der Waals surface area (Å²) in [6, 6.07) is 14.4. The fraction of sp³-hybridized carbons (Fsp3) is 0.250. The van der Waals surface area contributed by atoms with E-state index >= 15 is 0 Å². The molecule has 1 aliphatic rings. The van der Waals surface area contributed by atoms with Gasteiger partial charge >= 0.3 is 0 Å². The summed E-state index contributed by atoms with van der Waals surface area (Å²) < 4.78 is 0. The topological polar surface area (TPSA) is 95.2 Å². The maximum atomic E-state index is 9.60. The first kappa shape index (κ1) is 14.6. The molecule has 21 heavy (non-hydrogen) atoms. The number of rotatable bonds is 1. The summed E-state index contributed by atoms with van der Waals surface area (Å²) in [5, 5.41) is 38.5. The number of nitrogens with zero attached hydrogens (tertiary/aromatic N) is 4. The van der Waals surface area contributed by atoms with Gasteiger partial charge in [-0.15, -0.1) is 0 Å². The fourth-order valence-electron chi connectivity index (χ4n) is 2.66. The van der Waals surface area contributed by atoms with Crippen molar-refractivity contribution in [3.63, 3.8) is 0 Å². The molecule has 0 N–H and O–H groups in total. The van der Waals surface area contributed by atoms with Crippen molar-refractivity contribution in [1.29, 1.82) is 21.0 Å². The zero-order valence-corrected chi connectivity index (χ0v) is 11.7. The molecule has 2 rings (SSSR count). The summed E-state index contributed by atoms with van der Waals surface area (Å²) in [6.07, 6.45) is 3.42. The SMILES string of the molecule is N#CC1(C#N)CC=CC(c2cccc(Cl)c2)C1(C#N)C#N. The minimum Gasteiger partial charge on any atom is -0.196 e. The van der Waals surface area contributed by atoms with Crippen molar-refractivity contribution in [1.82, 2.24) is 0 Å². The molecule has 100 valence electrons. The highest BCUT2D eigenvalue weighted by Crippen LogP contribution is 2.54. The van der Waals surface area contributed by atoms with E-state index in [1.165, 1.54) is 0 Å². The van der Waals surface area contributed by atoms with Crippen LogP contribution in [0.3, 0.4) is 0 Å². The number of nitriles is 4. The van der Waals surface area contributed by atoms with Crippen LogP contribution in [0.25, 0.3) is 0 Å². The summed E-state index contributed by atoms with van der Waals surface area (Å²) in [4.78, 5) is 0. The third-order valence-electron chi connectivity index (χ3n) is 3.83. The van der Waals surface area contributed by atoms with Gasteiger partial charge in [-0.3, -0.25) is 0 Å². The van der Waals surface area contributed by atoms with Crippen molar-refractivity contribution in [2.45, 2.75) is 12.3 Å². The standard InChI is InChI=1S/C16H9ClN4/c17-13-4-1-3-12(7-13)14-5-2-6-15(8-18,9-19)16(14,10-20)11-21/h1-5,7,14H,6H2. The molecule has 0 saturated carbocycles. The predicted octanol–water partition coefficient (Wildman–Crippen LogP) is 3.45. The lowest BCUT2D eigenvalue weighted by Crippen LogP contribution is -2.44. The van der Waals surface area contributed by atoms with Crippen LogP contribution in [-0.4, -0.2) is 0 Å². The number of allylic oxidation sites excluding steroid dienone is 2. The number of benzene rings is 1. The zero-order chi connectivity index (χ0) is 15.5. The molecule has 0 spiro atoms. The smallest absolute Gasteiger partial charge is 0.185 e. The summed E-state index contributed by atoms with van der Waals surface area (Å²) in [5.41, 5.74) is -2.83. The quantitative estimate of drug-likeness (QED) is 0.741. The van der Waals surface area contributed by atoms with E-state index < -0.39 is 16.7 Å². The van der Waals surface area contributed by atoms with Gasteiger partial charge in [0.2, 0.25) is 0 Å². The lowest BCUT2D eigenvalue weighted by molar-refractivity contribution is 0.259. The van der Waals surface area contributed by atoms with E-state index in [0.717, 1.165) is 0 Å². The lowest BCUT2D eigenvalue weighted by atomic mass is 9.54. The van der Waals surface area contributed by atoms with Gasteiger partial charge in [0.15, 0.2) is 10.8 Å². The molecule has 0 amide bonds. The van der Waals surface area contributed by atoms with Crippen LogP contribution in [0.15, 0.2) is 36.4 Å². The number of hydrogen-bond acceptors (Lipinski definition) is 4. The molecule has 0 aromatic heterocycles. The minimum absolute atomic E-state index is 0.0538. The van der Waals surface area contributed by atoms with Crippen LogP contribution in [0.1, 0.15) is 17.9 Å². The van der Waals surface area contributed by atoms with E-state index in [2.05, 4.69) is 0 Å². The van der Waals surface area contributed by atoms with Crippen molar-refractivity contribution in [2.75, 3.05) is 0 Å². The largest absolute Gasteiger partial charge is 0.196 e. The molecule has 0 radical (unpaired) electrons. The number of halogens is 1. The Morgan fingerprint density at radius 3 is 2.24 bits per heavy atom. The molecule has 1 unspecified atom stereocenters. The Morgan fingerprint density at radius 2 is 1.71 bits per heavy atom. The molecule has 0 fully saturated rings. The molecule has 4 nitrogen and oxygen atoms in total. The Hall–Kier alpha value is -2.79. The Balaban J connectivity index is 2.73. The third kappa shape index (κ3) is 1.95. The van der Waals surface area contributed by atoms with Crippen LogP contribution in [0, 0.1) is 56.2 Å². The molecule has 0 aliphatic heterocycles. The molecule has 1 aliphatic carbocycles. The van der Waals surface area contributed by atoms with Crippen molar-refractivity contribution >= 4 is 11.6 Å². The van der Waals surface area contributed by atoms with Crippen LogP contribution in [-0.2, 0) is 0 Å². The van der Waals surface area contributed by atoms with E-state index in [4.69, 9.17) is 11.6 Å². The summed E-state index contributed by atoms with van der Waals surface area (Å²) in [6.45, 7) is 0. The van der Waals surface area contributed by atoms with Gasteiger partial charge in [0.25, 0.3) is 0 Å². The molecular weight excluding hydrogens is 284 g/mol. The first-order chi connectivity index (χ1) is 10.1. The average molecular weight is 293 g/mol. The van der Waals surface area contributed by atoms with Crippen molar-refractivity contribution in [3.05, 3.63) is 47.0 Å². The first-order valence-corrected chi connectivity index (χ1v) is 6.54. The molecule has 1 aromatic rings. The highest BCUT2D eigenvalue weighted by atomic mass is 35.5. The molecule has 5 heteroatoms. The van der Waals surface area contributed by atoms with Crippen molar-refractivity contribution in [3.8, 4) is 24.3 Å². The van der Waals surface area contributed by atoms with Gasteiger partial charge < -0.3 is 0 Å².